The number of pyridine rings is 1. The Morgan fingerprint density at radius 2 is 1.95 bits per heavy atom. The van der Waals surface area contributed by atoms with Crippen molar-refractivity contribution in [2.24, 2.45) is 0 Å². The van der Waals surface area contributed by atoms with E-state index in [9.17, 15) is 4.79 Å². The number of ether oxygens (including phenoxy) is 1. The summed E-state index contributed by atoms with van der Waals surface area (Å²) in [7, 11) is 0. The maximum atomic E-state index is 12.4. The molecule has 2 rings (SSSR count). The van der Waals surface area contributed by atoms with Gasteiger partial charge < -0.3 is 4.74 Å². The van der Waals surface area contributed by atoms with Gasteiger partial charge in [-0.2, -0.15) is 0 Å². The molecule has 19 heavy (non-hydrogen) atoms. The van der Waals surface area contributed by atoms with E-state index in [0.717, 1.165) is 0 Å². The average Bonchev–Trinajstić information content (AvgIpc) is 2.39. The number of carbonyl (C=O) groups is 1. The zero-order valence-electron chi connectivity index (χ0n) is 10.8. The first-order chi connectivity index (χ1) is 9.08. The molecule has 0 bridgehead atoms. The Kier molecular flexibility index (Phi) is 4.17. The molecule has 3 nitrogen and oxygen atoms in total. The topological polar surface area (TPSA) is 39.2 Å². The quantitative estimate of drug-likeness (QED) is 0.630. The zero-order chi connectivity index (χ0) is 13.8. The Bertz CT molecular complexity index is 579. The molecule has 0 aliphatic rings. The lowest BCUT2D eigenvalue weighted by atomic mass is 10.0. The molecule has 1 aromatic heterocycles. The van der Waals surface area contributed by atoms with E-state index >= 15 is 0 Å². The fourth-order valence-corrected chi connectivity index (χ4v) is 1.79. The number of aromatic nitrogens is 1. The van der Waals surface area contributed by atoms with E-state index in [4.69, 9.17) is 16.3 Å². The van der Waals surface area contributed by atoms with Crippen LogP contribution in [0.5, 0.6) is 5.75 Å². The highest BCUT2D eigenvalue weighted by molar-refractivity contribution is 6.29. The van der Waals surface area contributed by atoms with Gasteiger partial charge >= 0.3 is 0 Å². The van der Waals surface area contributed by atoms with Gasteiger partial charge in [-0.3, -0.25) is 4.79 Å². The van der Waals surface area contributed by atoms with Gasteiger partial charge in [0.1, 0.15) is 10.9 Å². The van der Waals surface area contributed by atoms with E-state index in [2.05, 4.69) is 4.98 Å². The van der Waals surface area contributed by atoms with Gasteiger partial charge in [0.2, 0.25) is 0 Å². The first-order valence-electron chi connectivity index (χ1n) is 6.00. The first kappa shape index (κ1) is 13.6. The molecule has 0 N–H and O–H groups in total. The molecule has 2 aromatic rings. The van der Waals surface area contributed by atoms with Crippen molar-refractivity contribution >= 4 is 17.4 Å². The fourth-order valence-electron chi connectivity index (χ4n) is 1.68. The predicted molar refractivity (Wildman–Crippen MR) is 74.9 cm³/mol. The van der Waals surface area contributed by atoms with Crippen LogP contribution >= 0.6 is 11.6 Å². The van der Waals surface area contributed by atoms with E-state index in [0.29, 0.717) is 22.0 Å². The molecule has 0 saturated heterocycles. The maximum Gasteiger partial charge on any atom is 0.198 e. The van der Waals surface area contributed by atoms with E-state index < -0.39 is 0 Å². The molecule has 0 unspecified atom stereocenters. The molecule has 0 fully saturated rings. The van der Waals surface area contributed by atoms with Gasteiger partial charge in [0.25, 0.3) is 0 Å². The molecule has 0 spiro atoms. The summed E-state index contributed by atoms with van der Waals surface area (Å²) < 4.78 is 5.64. The molecule has 0 atom stereocenters. The van der Waals surface area contributed by atoms with Crippen LogP contribution in [0.25, 0.3) is 0 Å². The van der Waals surface area contributed by atoms with Crippen molar-refractivity contribution in [2.45, 2.75) is 20.0 Å². The number of carbonyl (C=O) groups excluding carboxylic acids is 1. The molecule has 0 amide bonds. The summed E-state index contributed by atoms with van der Waals surface area (Å²) in [5.74, 6) is 0.456. The van der Waals surface area contributed by atoms with Crippen molar-refractivity contribution in [3.05, 3.63) is 58.9 Å². The summed E-state index contributed by atoms with van der Waals surface area (Å²) >= 11 is 5.72. The number of ketones is 1. The Labute approximate surface area is 117 Å². The second-order valence-corrected chi connectivity index (χ2v) is 4.75. The van der Waals surface area contributed by atoms with Gasteiger partial charge in [0, 0.05) is 11.8 Å². The summed E-state index contributed by atoms with van der Waals surface area (Å²) in [4.78, 5) is 16.3. The summed E-state index contributed by atoms with van der Waals surface area (Å²) in [5.41, 5.74) is 1.02. The maximum absolute atomic E-state index is 12.4. The Morgan fingerprint density at radius 1 is 1.21 bits per heavy atom. The van der Waals surface area contributed by atoms with Crippen LogP contribution in [0.2, 0.25) is 5.15 Å². The number of nitrogens with zero attached hydrogens (tertiary/aromatic N) is 1. The summed E-state index contributed by atoms with van der Waals surface area (Å²) in [6.07, 6.45) is 1.48. The van der Waals surface area contributed by atoms with Gasteiger partial charge in [-0.25, -0.2) is 4.98 Å². The van der Waals surface area contributed by atoms with Crippen molar-refractivity contribution in [3.8, 4) is 5.75 Å². The minimum absolute atomic E-state index is 0.0114. The third-order valence-corrected chi connectivity index (χ3v) is 2.71. The number of halogens is 1. The molecule has 1 heterocycles. The molecular formula is C15H14ClNO2. The number of para-hydroxylation sites is 1. The van der Waals surface area contributed by atoms with E-state index in [1.165, 1.54) is 6.20 Å². The first-order valence-corrected chi connectivity index (χ1v) is 6.37. The monoisotopic (exact) mass is 275 g/mol. The Balaban J connectivity index is 2.35. The van der Waals surface area contributed by atoms with Crippen LogP contribution in [-0.2, 0) is 0 Å². The molecule has 0 saturated carbocycles. The van der Waals surface area contributed by atoms with Gasteiger partial charge in [-0.05, 0) is 38.1 Å². The van der Waals surface area contributed by atoms with E-state index in [-0.39, 0.29) is 11.9 Å². The molecule has 0 aliphatic carbocycles. The van der Waals surface area contributed by atoms with Gasteiger partial charge in [0.05, 0.1) is 11.7 Å². The van der Waals surface area contributed by atoms with Crippen LogP contribution in [-0.4, -0.2) is 16.9 Å². The third-order valence-electron chi connectivity index (χ3n) is 2.48. The lowest BCUT2D eigenvalue weighted by Crippen LogP contribution is -2.10. The second-order valence-electron chi connectivity index (χ2n) is 4.36. The highest BCUT2D eigenvalue weighted by Crippen LogP contribution is 2.22. The van der Waals surface area contributed by atoms with Crippen molar-refractivity contribution < 1.29 is 9.53 Å². The number of hydrogen-bond acceptors (Lipinski definition) is 3. The smallest absolute Gasteiger partial charge is 0.198 e. The minimum atomic E-state index is -0.125. The summed E-state index contributed by atoms with van der Waals surface area (Å²) in [6, 6.07) is 10.4. The Hall–Kier alpha value is -1.87. The lowest BCUT2D eigenvalue weighted by Gasteiger charge is -2.13. The minimum Gasteiger partial charge on any atom is -0.490 e. The Morgan fingerprint density at radius 3 is 2.58 bits per heavy atom. The summed E-state index contributed by atoms with van der Waals surface area (Å²) in [5, 5.41) is 0.364. The molecule has 98 valence electrons. The summed E-state index contributed by atoms with van der Waals surface area (Å²) in [6.45, 7) is 3.84. The van der Waals surface area contributed by atoms with Crippen LogP contribution in [0, 0.1) is 0 Å². The zero-order valence-corrected chi connectivity index (χ0v) is 11.5. The van der Waals surface area contributed by atoms with Gasteiger partial charge in [-0.1, -0.05) is 23.7 Å². The van der Waals surface area contributed by atoms with Gasteiger partial charge in [0.15, 0.2) is 5.78 Å². The van der Waals surface area contributed by atoms with E-state index in [1.807, 2.05) is 26.0 Å². The van der Waals surface area contributed by atoms with Crippen LogP contribution in [0.3, 0.4) is 0 Å². The largest absolute Gasteiger partial charge is 0.490 e. The highest BCUT2D eigenvalue weighted by atomic mass is 35.5. The second kappa shape index (κ2) is 5.85. The lowest BCUT2D eigenvalue weighted by molar-refractivity contribution is 0.103. The molecular weight excluding hydrogens is 262 g/mol. The van der Waals surface area contributed by atoms with Crippen LogP contribution in [0.4, 0.5) is 0 Å². The molecule has 0 radical (unpaired) electrons. The molecule has 1 aromatic carbocycles. The third kappa shape index (κ3) is 3.32. The number of hydrogen-bond donors (Lipinski definition) is 0. The highest BCUT2D eigenvalue weighted by Gasteiger charge is 2.15. The van der Waals surface area contributed by atoms with Crippen molar-refractivity contribution in [1.82, 2.24) is 4.98 Å². The van der Waals surface area contributed by atoms with Crippen LogP contribution in [0.15, 0.2) is 42.6 Å². The number of benzene rings is 1. The van der Waals surface area contributed by atoms with E-state index in [1.54, 1.807) is 24.3 Å². The van der Waals surface area contributed by atoms with Crippen LogP contribution < -0.4 is 4.74 Å². The fraction of sp³-hybridized carbons (Fsp3) is 0.200. The predicted octanol–water partition coefficient (Wildman–Crippen LogP) is 3.75. The molecule has 0 aliphatic heterocycles. The standard InChI is InChI=1S/C15H14ClNO2/c1-10(2)19-13-6-4-3-5-12(13)15(18)11-7-8-14(16)17-9-11/h3-10H,1-2H3. The van der Waals surface area contributed by atoms with Crippen molar-refractivity contribution in [1.29, 1.82) is 0 Å². The van der Waals surface area contributed by atoms with Gasteiger partial charge in [-0.15, -0.1) is 0 Å². The molecule has 4 heteroatoms. The normalized spacial score (nSPS) is 10.5. The average molecular weight is 276 g/mol. The van der Waals surface area contributed by atoms with Crippen molar-refractivity contribution in [2.75, 3.05) is 0 Å². The van der Waals surface area contributed by atoms with Crippen molar-refractivity contribution in [3.63, 3.8) is 0 Å². The SMILES string of the molecule is CC(C)Oc1ccccc1C(=O)c1ccc(Cl)nc1. The number of rotatable bonds is 4. The van der Waals surface area contributed by atoms with Crippen LogP contribution in [0.1, 0.15) is 29.8 Å².